The van der Waals surface area contributed by atoms with E-state index in [0.29, 0.717) is 19.3 Å². The number of allylic oxidation sites excluding steroid dienone is 18. The molecule has 70 heavy (non-hydrogen) atoms. The number of hydrogen-bond acceptors (Lipinski definition) is 6. The second kappa shape index (κ2) is 57.6. The predicted molar refractivity (Wildman–Crippen MR) is 302 cm³/mol. The summed E-state index contributed by atoms with van der Waals surface area (Å²) < 4.78 is 16.8. The highest BCUT2D eigenvalue weighted by Gasteiger charge is 2.19. The highest BCUT2D eigenvalue weighted by atomic mass is 16.6. The first-order chi connectivity index (χ1) is 34.5. The number of ether oxygens (including phenoxy) is 3. The third-order valence-electron chi connectivity index (χ3n) is 12.0. The second-order valence-corrected chi connectivity index (χ2v) is 18.8. The van der Waals surface area contributed by atoms with Crippen molar-refractivity contribution in [2.24, 2.45) is 0 Å². The summed E-state index contributed by atoms with van der Waals surface area (Å²) in [6.45, 7) is 6.45. The Labute approximate surface area is 431 Å². The number of rotatable bonds is 51. The van der Waals surface area contributed by atoms with E-state index in [1.165, 1.54) is 83.5 Å². The molecule has 0 aliphatic rings. The molecule has 0 bridgehead atoms. The van der Waals surface area contributed by atoms with E-state index < -0.39 is 6.10 Å². The van der Waals surface area contributed by atoms with E-state index in [0.717, 1.165) is 135 Å². The molecule has 0 aromatic rings. The number of carbonyl (C=O) groups is 3. The zero-order chi connectivity index (χ0) is 50.7. The van der Waals surface area contributed by atoms with Crippen molar-refractivity contribution in [3.05, 3.63) is 109 Å². The monoisotopic (exact) mass is 971 g/mol. The van der Waals surface area contributed by atoms with Crippen molar-refractivity contribution in [2.45, 2.75) is 264 Å². The molecule has 0 fully saturated rings. The van der Waals surface area contributed by atoms with Crippen molar-refractivity contribution in [2.75, 3.05) is 13.2 Å². The summed E-state index contributed by atoms with van der Waals surface area (Å²) in [5.41, 5.74) is 0. The van der Waals surface area contributed by atoms with Crippen LogP contribution in [0.2, 0.25) is 0 Å². The zero-order valence-corrected chi connectivity index (χ0v) is 45.5. The Morgan fingerprint density at radius 1 is 0.300 bits per heavy atom. The lowest BCUT2D eigenvalue weighted by Gasteiger charge is -2.18. The van der Waals surface area contributed by atoms with Crippen LogP contribution in [0.15, 0.2) is 109 Å². The zero-order valence-electron chi connectivity index (χ0n) is 45.5. The van der Waals surface area contributed by atoms with E-state index in [1.807, 2.05) is 0 Å². The fraction of sp³-hybridized carbons (Fsp3) is 0.672. The molecule has 0 heterocycles. The van der Waals surface area contributed by atoms with E-state index in [2.05, 4.69) is 130 Å². The van der Waals surface area contributed by atoms with Crippen LogP contribution < -0.4 is 0 Å². The Hall–Kier alpha value is -3.93. The largest absolute Gasteiger partial charge is 0.462 e. The predicted octanol–water partition coefficient (Wildman–Crippen LogP) is 19.5. The van der Waals surface area contributed by atoms with Crippen LogP contribution in [0.4, 0.5) is 0 Å². The Balaban J connectivity index is 4.42. The minimum absolute atomic E-state index is 0.0940. The van der Waals surface area contributed by atoms with Gasteiger partial charge in [-0.25, -0.2) is 0 Å². The van der Waals surface area contributed by atoms with Crippen LogP contribution in [0.25, 0.3) is 0 Å². The summed E-state index contributed by atoms with van der Waals surface area (Å²) in [4.78, 5) is 38.1. The Morgan fingerprint density at radius 3 is 0.929 bits per heavy atom. The fourth-order valence-electron chi connectivity index (χ4n) is 7.67. The molecule has 0 saturated heterocycles. The lowest BCUT2D eigenvalue weighted by molar-refractivity contribution is -0.167. The normalized spacial score (nSPS) is 12.9. The minimum atomic E-state index is -0.799. The lowest BCUT2D eigenvalue weighted by Crippen LogP contribution is -2.30. The van der Waals surface area contributed by atoms with Crippen LogP contribution in [-0.4, -0.2) is 37.2 Å². The average Bonchev–Trinajstić information content (AvgIpc) is 3.36. The van der Waals surface area contributed by atoms with Gasteiger partial charge in [-0.05, 0) is 103 Å². The number of hydrogen-bond donors (Lipinski definition) is 0. The molecule has 0 aromatic heterocycles. The third kappa shape index (κ3) is 55.0. The summed E-state index contributed by atoms with van der Waals surface area (Å²) >= 11 is 0. The maximum Gasteiger partial charge on any atom is 0.306 e. The molecule has 1 atom stereocenters. The van der Waals surface area contributed by atoms with Gasteiger partial charge in [0.1, 0.15) is 13.2 Å². The van der Waals surface area contributed by atoms with Gasteiger partial charge >= 0.3 is 17.9 Å². The molecule has 0 aromatic carbocycles. The van der Waals surface area contributed by atoms with Gasteiger partial charge in [0.15, 0.2) is 6.10 Å². The molecule has 0 rings (SSSR count). The van der Waals surface area contributed by atoms with Crippen molar-refractivity contribution in [3.8, 4) is 0 Å². The summed E-state index contributed by atoms with van der Waals surface area (Å²) in [6, 6.07) is 0. The maximum atomic E-state index is 12.8. The average molecular weight is 972 g/mol. The van der Waals surface area contributed by atoms with Gasteiger partial charge in [0.2, 0.25) is 0 Å². The van der Waals surface area contributed by atoms with Crippen LogP contribution in [0.3, 0.4) is 0 Å². The van der Waals surface area contributed by atoms with Crippen LogP contribution in [0.5, 0.6) is 0 Å². The van der Waals surface area contributed by atoms with Gasteiger partial charge in [-0.3, -0.25) is 14.4 Å². The van der Waals surface area contributed by atoms with Gasteiger partial charge in [-0.15, -0.1) is 0 Å². The van der Waals surface area contributed by atoms with Crippen molar-refractivity contribution < 1.29 is 28.6 Å². The van der Waals surface area contributed by atoms with Crippen LogP contribution in [0.1, 0.15) is 258 Å². The topological polar surface area (TPSA) is 78.9 Å². The molecule has 0 amide bonds. The van der Waals surface area contributed by atoms with E-state index in [4.69, 9.17) is 14.2 Å². The Morgan fingerprint density at radius 2 is 0.571 bits per heavy atom. The molecule has 0 spiro atoms. The summed E-state index contributed by atoms with van der Waals surface area (Å²) in [5.74, 6) is -0.941. The van der Waals surface area contributed by atoms with Crippen LogP contribution in [0, 0.1) is 0 Å². The summed E-state index contributed by atoms with van der Waals surface area (Å²) in [7, 11) is 0. The maximum absolute atomic E-state index is 12.8. The first-order valence-electron chi connectivity index (χ1n) is 28.9. The van der Waals surface area contributed by atoms with Gasteiger partial charge in [0.25, 0.3) is 0 Å². The standard InChI is InChI=1S/C64H106O6/c1-4-7-10-13-16-19-22-25-27-28-29-30-31-32-33-34-35-36-37-40-42-45-48-51-54-57-63(66)69-60-61(59-68-62(65)56-53-50-47-44-41-38-24-21-18-15-12-9-6-3)70-64(67)58-55-52-49-46-43-39-26-23-20-17-14-11-8-5-2/h7,10,14,16-17,19,23,25-27,29-30,32-33,35-36,40,42,61H,4-6,8-9,11-13,15,18,20-22,24,28,31,34,37-39,41,43-60H2,1-3H3/b10-7-,17-14-,19-16-,26-23-,27-25-,30-29-,33-32-,36-35-,42-40-. The molecule has 6 heteroatoms. The summed E-state index contributed by atoms with van der Waals surface area (Å²) in [5, 5.41) is 0. The lowest BCUT2D eigenvalue weighted by atomic mass is 10.0. The number of esters is 3. The molecule has 1 unspecified atom stereocenters. The molecule has 0 aliphatic heterocycles. The quantitative estimate of drug-likeness (QED) is 0.0262. The van der Waals surface area contributed by atoms with Gasteiger partial charge in [0.05, 0.1) is 0 Å². The van der Waals surface area contributed by atoms with Gasteiger partial charge < -0.3 is 14.2 Å². The number of carbonyl (C=O) groups excluding carboxylic acids is 3. The molecule has 0 N–H and O–H groups in total. The Bertz CT molecular complexity index is 1440. The van der Waals surface area contributed by atoms with Crippen molar-refractivity contribution in [3.63, 3.8) is 0 Å². The van der Waals surface area contributed by atoms with Crippen LogP contribution >= 0.6 is 0 Å². The molecular weight excluding hydrogens is 865 g/mol. The highest BCUT2D eigenvalue weighted by molar-refractivity contribution is 5.71. The van der Waals surface area contributed by atoms with E-state index in [9.17, 15) is 14.4 Å². The van der Waals surface area contributed by atoms with Gasteiger partial charge in [0, 0.05) is 19.3 Å². The van der Waals surface area contributed by atoms with E-state index in [1.54, 1.807) is 0 Å². The molecular formula is C64H106O6. The first kappa shape index (κ1) is 66.1. The third-order valence-corrected chi connectivity index (χ3v) is 12.0. The number of unbranched alkanes of at least 4 members (excludes halogenated alkanes) is 22. The second-order valence-electron chi connectivity index (χ2n) is 18.8. The van der Waals surface area contributed by atoms with Gasteiger partial charge in [-0.2, -0.15) is 0 Å². The van der Waals surface area contributed by atoms with Crippen molar-refractivity contribution in [1.29, 1.82) is 0 Å². The molecule has 0 radical (unpaired) electrons. The fourth-order valence-corrected chi connectivity index (χ4v) is 7.67. The van der Waals surface area contributed by atoms with Gasteiger partial charge in [-0.1, -0.05) is 246 Å². The summed E-state index contributed by atoms with van der Waals surface area (Å²) in [6.07, 6.45) is 77.9. The van der Waals surface area contributed by atoms with Crippen LogP contribution in [-0.2, 0) is 28.6 Å². The molecule has 0 saturated carbocycles. The van der Waals surface area contributed by atoms with Crippen molar-refractivity contribution >= 4 is 17.9 Å². The molecule has 398 valence electrons. The highest BCUT2D eigenvalue weighted by Crippen LogP contribution is 2.15. The molecule has 6 nitrogen and oxygen atoms in total. The van der Waals surface area contributed by atoms with E-state index in [-0.39, 0.29) is 31.1 Å². The Kier molecular flexibility index (Phi) is 54.4. The first-order valence-corrected chi connectivity index (χ1v) is 28.9. The van der Waals surface area contributed by atoms with Crippen molar-refractivity contribution in [1.82, 2.24) is 0 Å². The molecule has 0 aliphatic carbocycles. The smallest absolute Gasteiger partial charge is 0.306 e. The SMILES string of the molecule is CC/C=C\C/C=C\C/C=C\C/C=C\C/C=C\C/C=C\C/C=C\CCCCCC(=O)OCC(COC(=O)CCCCCCCCCCCCCCC)OC(=O)CCCCCCC/C=C\C/C=C\CCCC. The minimum Gasteiger partial charge on any atom is -0.462 e. The van der Waals surface area contributed by atoms with E-state index >= 15 is 0 Å².